The van der Waals surface area contributed by atoms with Crippen LogP contribution >= 0.6 is 34.8 Å². The summed E-state index contributed by atoms with van der Waals surface area (Å²) in [5.74, 6) is -0.545. The molecule has 9 rings (SSSR count). The van der Waals surface area contributed by atoms with E-state index in [1.807, 2.05) is 239 Å². The summed E-state index contributed by atoms with van der Waals surface area (Å²) in [4.78, 5) is 128. The van der Waals surface area contributed by atoms with Crippen molar-refractivity contribution in [2.75, 3.05) is 39.6 Å². The minimum Gasteiger partial charge on any atom is -0.870 e. The fourth-order valence-electron chi connectivity index (χ4n) is 12.0. The van der Waals surface area contributed by atoms with Crippen molar-refractivity contribution < 1.29 is 126 Å². The Balaban J connectivity index is -0.000000357. The van der Waals surface area contributed by atoms with E-state index in [1.54, 1.807) is 20.8 Å². The number of carboxylic acids is 1. The van der Waals surface area contributed by atoms with Crippen molar-refractivity contribution in [3.63, 3.8) is 0 Å². The van der Waals surface area contributed by atoms with Crippen LogP contribution in [0.15, 0.2) is 237 Å². The summed E-state index contributed by atoms with van der Waals surface area (Å²) in [6.07, 6.45) is 5.51. The Bertz CT molecular complexity index is 4640. The number of halogens is 3. The number of carbonyl (C=O) groups excluding carboxylic acids is 11. The molecule has 9 aromatic carbocycles. The summed E-state index contributed by atoms with van der Waals surface area (Å²) in [6, 6.07) is 73.1. The van der Waals surface area contributed by atoms with Crippen molar-refractivity contribution in [2.45, 2.75) is 260 Å². The maximum atomic E-state index is 11.3. The number of esters is 6. The van der Waals surface area contributed by atoms with Crippen LogP contribution in [0.1, 0.15) is 303 Å². The van der Waals surface area contributed by atoms with Crippen molar-refractivity contribution in [1.82, 2.24) is 6.15 Å². The number of amides is 1. The second-order valence-electron chi connectivity index (χ2n) is 32.9. The number of ketones is 1. The summed E-state index contributed by atoms with van der Waals surface area (Å²) >= 11 is 14.3. The molecule has 0 saturated heterocycles. The Morgan fingerprint density at radius 3 is 0.667 bits per heavy atom. The van der Waals surface area contributed by atoms with Gasteiger partial charge in [-0.25, -0.2) is 9.59 Å². The molecule has 0 spiro atoms. The minimum absolute atomic E-state index is 0. The van der Waals surface area contributed by atoms with Crippen molar-refractivity contribution in [2.24, 2.45) is 5.73 Å². The number of nitrogens with two attached hydrogens (primary N) is 1. The first-order valence-electron chi connectivity index (χ1n) is 46.0. The first-order chi connectivity index (χ1) is 64.6. The molecule has 0 aromatic heterocycles. The van der Waals surface area contributed by atoms with E-state index in [9.17, 15) is 57.5 Å². The van der Waals surface area contributed by atoms with Gasteiger partial charge in [0.05, 0.1) is 71.7 Å². The predicted octanol–water partition coefficient (Wildman–Crippen LogP) is 24.0. The molecule has 0 saturated carbocycles. The Kier molecular flexibility index (Phi) is 81.9. The van der Waals surface area contributed by atoms with Gasteiger partial charge in [-0.05, 0) is 244 Å². The van der Waals surface area contributed by atoms with Crippen LogP contribution in [-0.4, -0.2) is 119 Å². The Hall–Kier alpha value is -11.3. The van der Waals surface area contributed by atoms with Crippen LogP contribution in [0.3, 0.4) is 0 Å². The molecule has 0 heterocycles. The average molecular weight is 2020 g/mol. The largest absolute Gasteiger partial charge is 1.00 e. The maximum absolute atomic E-state index is 11.3. The molecule has 9 aromatic rings. The monoisotopic (exact) mass is 2010 g/mol. The number of carboxylic acid groups (broad SMARTS) is 1. The molecule has 141 heavy (non-hydrogen) atoms. The predicted molar refractivity (Wildman–Crippen MR) is 569 cm³/mol. The standard InChI is InChI=1S/4C13H18O2.C13H16O2.C11H13ClO.C11H15NO.C11H14O2.C9H10O.C5H8O2.C2Cl2O2.CH4.H3N.Na.H2O/c5*1-4-15-13(14)9-11(3)12-7-5-10(2)6-8-12;3*1-8-3-5-10(6-4-8)9(2)7-11(12)13;1-7-3-5-9(6-4-7)8(2)10;1-3-5(6)7-4-2;3-1(5)2(4)6;;;;/h4*5-8,11H,4,9H2,1-3H3;5-9H,4H2,1-3H3;3-6,9H,7H2,1-2H3;3-6,9H,7H2,1-2H3,(H2,12,13);3-6,9H,7H2,1-2H3,(H,12,13);3-6H,1-2H3;3H,1,4H2,2H3;;1H4;1H3;;1H2/q;;;;;;;;;;;;;+1;/p-1/t3*11-;;;3*9-;;;;;;;/m110..111......./s1. The first-order valence-corrected chi connectivity index (χ1v) is 47.2. The number of rotatable bonds is 32. The van der Waals surface area contributed by atoms with Crippen LogP contribution in [0.2, 0.25) is 0 Å². The number of Topliss-reactive ketones (excluding diaryl/α,β-unsaturated/α-hetero) is 1. The zero-order chi connectivity index (χ0) is 104. The maximum Gasteiger partial charge on any atom is 1.00 e. The summed E-state index contributed by atoms with van der Waals surface area (Å²) in [5, 5.41) is 6.05. The summed E-state index contributed by atoms with van der Waals surface area (Å²) < 4.78 is 29.0. The molecular weight excluding hydrogens is 1860 g/mol. The number of aliphatic carboxylic acids is 1. The molecule has 7 N–H and O–H groups in total. The van der Waals surface area contributed by atoms with Crippen LogP contribution in [-0.2, 0) is 81.2 Å². The van der Waals surface area contributed by atoms with Gasteiger partial charge in [-0.1, -0.05) is 331 Å². The van der Waals surface area contributed by atoms with Crippen molar-refractivity contribution in [1.29, 1.82) is 0 Å². The summed E-state index contributed by atoms with van der Waals surface area (Å²) in [7, 11) is 0. The fourth-order valence-corrected chi connectivity index (χ4v) is 12.3. The van der Waals surface area contributed by atoms with Crippen molar-refractivity contribution >= 4 is 110 Å². The molecule has 7 atom stereocenters. The van der Waals surface area contributed by atoms with Gasteiger partial charge in [0, 0.05) is 30.6 Å². The third kappa shape index (κ3) is 70.9. The number of aryl methyl sites for hydroxylation is 9. The van der Waals surface area contributed by atoms with Gasteiger partial charge in [0.15, 0.2) is 5.78 Å². The molecule has 26 heteroatoms. The second kappa shape index (κ2) is 82.3. The number of hydrogen-bond donors (Lipinski definition) is 3. The van der Waals surface area contributed by atoms with E-state index < -0.39 is 16.5 Å². The van der Waals surface area contributed by atoms with E-state index in [2.05, 4.69) is 159 Å². The van der Waals surface area contributed by atoms with E-state index in [0.717, 1.165) is 28.3 Å². The average Bonchev–Trinajstić information content (AvgIpc) is 0.867. The molecule has 768 valence electrons. The Labute approximate surface area is 878 Å². The summed E-state index contributed by atoms with van der Waals surface area (Å²) in [5.41, 5.74) is 27.1. The number of carbonyl (C=O) groups is 12. The van der Waals surface area contributed by atoms with E-state index in [-0.39, 0.29) is 149 Å². The van der Waals surface area contributed by atoms with Crippen molar-refractivity contribution in [3.05, 3.63) is 337 Å². The van der Waals surface area contributed by atoms with Crippen LogP contribution in [0.4, 0.5) is 0 Å². The minimum atomic E-state index is -1.14. The van der Waals surface area contributed by atoms with Gasteiger partial charge in [0.2, 0.25) is 11.1 Å². The van der Waals surface area contributed by atoms with Gasteiger partial charge < -0.3 is 50.9 Å². The molecule has 1 amide bonds. The fraction of sp³-hybridized carbons (Fsp3) is 0.391. The molecule has 0 bridgehead atoms. The smallest absolute Gasteiger partial charge is 0.870 e. The molecule has 0 fully saturated rings. The number of ether oxygens (including phenoxy) is 6. The zero-order valence-electron chi connectivity index (χ0n) is 87.0. The van der Waals surface area contributed by atoms with E-state index in [1.165, 1.54) is 89.5 Å². The third-order valence-electron chi connectivity index (χ3n) is 20.3. The van der Waals surface area contributed by atoms with Crippen LogP contribution in [0, 0.1) is 62.3 Å². The number of allylic oxidation sites excluding steroid dienone is 1. The summed E-state index contributed by atoms with van der Waals surface area (Å²) in [6.45, 7) is 52.7. The number of primary amides is 1. The normalized spacial score (nSPS) is 11.2. The van der Waals surface area contributed by atoms with E-state index in [4.69, 9.17) is 46.1 Å². The van der Waals surface area contributed by atoms with Gasteiger partial charge >= 0.3 is 81.8 Å². The van der Waals surface area contributed by atoms with Gasteiger partial charge in [-0.3, -0.25) is 47.9 Å². The number of hydrogen-bond acceptors (Lipinski definition) is 20. The van der Waals surface area contributed by atoms with E-state index >= 15 is 0 Å². The number of benzene rings is 9. The molecular formula is C115H156Cl3N2NaO20. The van der Waals surface area contributed by atoms with Crippen LogP contribution in [0.5, 0.6) is 0 Å². The quantitative estimate of drug-likeness (QED) is 0.00670. The van der Waals surface area contributed by atoms with Crippen LogP contribution in [0.25, 0.3) is 5.57 Å². The van der Waals surface area contributed by atoms with Gasteiger partial charge in [0.1, 0.15) is 0 Å². The molecule has 0 aliphatic heterocycles. The second-order valence-corrected chi connectivity index (χ2v) is 34.0. The van der Waals surface area contributed by atoms with Gasteiger partial charge in [-0.15, -0.1) is 0 Å². The third-order valence-corrected chi connectivity index (χ3v) is 20.9. The molecule has 1 unspecified atom stereocenters. The Morgan fingerprint density at radius 2 is 0.496 bits per heavy atom. The molecule has 0 aliphatic carbocycles. The van der Waals surface area contributed by atoms with Crippen LogP contribution < -0.4 is 41.4 Å². The molecule has 0 radical (unpaired) electrons. The zero-order valence-corrected chi connectivity index (χ0v) is 91.3. The first kappa shape index (κ1) is 140. The SMILES string of the molecule is C.C=CC(=O)OCC.CC(=O)c1ccc(C)cc1.CCOC(=O)C=C(C)c1ccc(C)cc1.CCOC(=O)CC(C)c1ccc(C)cc1.CCOC(=O)C[C@@H](C)c1ccc(C)cc1.CCOC(=O)C[C@@H](C)c1ccc(C)cc1.CCOC(=O)C[C@H](C)c1ccc(C)cc1.Cc1ccc([C@H](C)CC(=O)Cl)cc1.Cc1ccc([C@H](C)CC(=O)O)cc1.Cc1ccc([C@H](C)CC(N)=O)cc1.N.O=C(Cl)C(=O)Cl.[Na+].[OH-]. The molecule has 0 aliphatic rings. The Morgan fingerprint density at radius 1 is 0.312 bits per heavy atom. The van der Waals surface area contributed by atoms with Gasteiger partial charge in [0.25, 0.3) is 0 Å². The molecule has 22 nitrogen and oxygen atoms in total. The topological polar surface area (TPSA) is 371 Å². The van der Waals surface area contributed by atoms with Gasteiger partial charge in [-0.2, -0.15) is 0 Å². The van der Waals surface area contributed by atoms with E-state index in [0.29, 0.717) is 78.2 Å². The van der Waals surface area contributed by atoms with Crippen molar-refractivity contribution in [3.8, 4) is 0 Å².